The third-order valence-electron chi connectivity index (χ3n) is 3.26. The zero-order valence-electron chi connectivity index (χ0n) is 8.23. The maximum atomic E-state index is 11.7. The van der Waals surface area contributed by atoms with E-state index in [0.717, 1.165) is 5.56 Å². The molecule has 0 aromatic heterocycles. The highest BCUT2D eigenvalue weighted by atomic mass is 16.3. The van der Waals surface area contributed by atoms with Gasteiger partial charge in [0.2, 0.25) is 0 Å². The molecule has 14 heavy (non-hydrogen) atoms. The summed E-state index contributed by atoms with van der Waals surface area (Å²) in [7, 11) is 0. The van der Waals surface area contributed by atoms with Crippen molar-refractivity contribution in [2.24, 2.45) is 0 Å². The van der Waals surface area contributed by atoms with Crippen LogP contribution in [0.4, 0.5) is 0 Å². The van der Waals surface area contributed by atoms with Crippen LogP contribution in [0.1, 0.15) is 25.3 Å². The molecule has 2 nitrogen and oxygen atoms in total. The summed E-state index contributed by atoms with van der Waals surface area (Å²) in [5.41, 5.74) is 0.247. The van der Waals surface area contributed by atoms with Gasteiger partial charge in [0.1, 0.15) is 5.78 Å². The Labute approximate surface area is 83.6 Å². The maximum absolute atomic E-state index is 11.7. The van der Waals surface area contributed by atoms with Gasteiger partial charge >= 0.3 is 0 Å². The Hall–Kier alpha value is -1.15. The molecule has 0 aliphatic heterocycles. The van der Waals surface area contributed by atoms with Crippen molar-refractivity contribution in [3.05, 3.63) is 35.9 Å². The summed E-state index contributed by atoms with van der Waals surface area (Å²) in [5, 5.41) is 9.85. The number of hydrogen-bond acceptors (Lipinski definition) is 2. The Morgan fingerprint density at radius 1 is 1.36 bits per heavy atom. The van der Waals surface area contributed by atoms with E-state index in [9.17, 15) is 9.90 Å². The number of Topliss-reactive ketones (excluding diaryl/α,β-unsaturated/α-hetero) is 1. The van der Waals surface area contributed by atoms with Gasteiger partial charge in [-0.1, -0.05) is 30.3 Å². The summed E-state index contributed by atoms with van der Waals surface area (Å²) in [4.78, 5) is 11.7. The lowest BCUT2D eigenvalue weighted by Gasteiger charge is -2.26. The van der Waals surface area contributed by atoms with Crippen LogP contribution in [-0.4, -0.2) is 17.0 Å². The van der Waals surface area contributed by atoms with E-state index in [2.05, 4.69) is 0 Å². The Bertz CT molecular complexity index is 345. The van der Waals surface area contributed by atoms with Gasteiger partial charge in [0.25, 0.3) is 0 Å². The number of aliphatic hydroxyl groups is 1. The van der Waals surface area contributed by atoms with Crippen LogP contribution < -0.4 is 0 Å². The largest absolute Gasteiger partial charge is 0.392 e. The number of rotatable bonds is 1. The minimum Gasteiger partial charge on any atom is -0.392 e. The molecule has 1 aliphatic rings. The van der Waals surface area contributed by atoms with Gasteiger partial charge in [-0.25, -0.2) is 0 Å². The molecule has 0 heterocycles. The topological polar surface area (TPSA) is 37.3 Å². The first-order valence-corrected chi connectivity index (χ1v) is 4.92. The molecule has 1 saturated carbocycles. The number of hydrogen-bond donors (Lipinski definition) is 1. The van der Waals surface area contributed by atoms with Crippen LogP contribution >= 0.6 is 0 Å². The SMILES string of the molecule is CC1(c2ccccc2)C(=O)CCC1O. The molecule has 1 aromatic carbocycles. The van der Waals surface area contributed by atoms with E-state index in [0.29, 0.717) is 12.8 Å². The zero-order valence-corrected chi connectivity index (χ0v) is 8.23. The predicted molar refractivity (Wildman–Crippen MR) is 54.0 cm³/mol. The smallest absolute Gasteiger partial charge is 0.145 e. The molecular weight excluding hydrogens is 176 g/mol. The molecule has 0 bridgehead atoms. The first kappa shape index (κ1) is 9.41. The molecule has 2 rings (SSSR count). The third-order valence-corrected chi connectivity index (χ3v) is 3.26. The second-order valence-electron chi connectivity index (χ2n) is 4.05. The number of benzene rings is 1. The van der Waals surface area contributed by atoms with Crippen molar-refractivity contribution in [2.45, 2.75) is 31.3 Å². The fraction of sp³-hybridized carbons (Fsp3) is 0.417. The van der Waals surface area contributed by atoms with Crippen LogP contribution in [0.25, 0.3) is 0 Å². The lowest BCUT2D eigenvalue weighted by atomic mass is 9.78. The Kier molecular flexibility index (Phi) is 2.16. The zero-order chi connectivity index (χ0) is 10.2. The van der Waals surface area contributed by atoms with Gasteiger partial charge in [-0.3, -0.25) is 4.79 Å². The van der Waals surface area contributed by atoms with Gasteiger partial charge in [0, 0.05) is 6.42 Å². The summed E-state index contributed by atoms with van der Waals surface area (Å²) in [6, 6.07) is 9.54. The first-order chi connectivity index (χ1) is 6.65. The van der Waals surface area contributed by atoms with Crippen molar-refractivity contribution in [1.82, 2.24) is 0 Å². The van der Waals surface area contributed by atoms with Gasteiger partial charge in [-0.15, -0.1) is 0 Å². The molecule has 1 aromatic rings. The van der Waals surface area contributed by atoms with Crippen LogP contribution in [-0.2, 0) is 10.2 Å². The lowest BCUT2D eigenvalue weighted by molar-refractivity contribution is -0.123. The van der Waals surface area contributed by atoms with Crippen LogP contribution in [0, 0.1) is 0 Å². The predicted octanol–water partition coefficient (Wildman–Crippen LogP) is 1.67. The highest BCUT2D eigenvalue weighted by Crippen LogP contribution is 2.37. The van der Waals surface area contributed by atoms with Crippen molar-refractivity contribution in [3.63, 3.8) is 0 Å². The summed E-state index contributed by atoms with van der Waals surface area (Å²) < 4.78 is 0. The molecule has 2 unspecified atom stereocenters. The third kappa shape index (κ3) is 1.18. The molecule has 1 fully saturated rings. The fourth-order valence-corrected chi connectivity index (χ4v) is 2.14. The van der Waals surface area contributed by atoms with Gasteiger partial charge in [0.15, 0.2) is 0 Å². The van der Waals surface area contributed by atoms with Crippen LogP contribution in [0.15, 0.2) is 30.3 Å². The van der Waals surface area contributed by atoms with Gasteiger partial charge in [0.05, 0.1) is 11.5 Å². The van der Waals surface area contributed by atoms with Gasteiger partial charge in [-0.05, 0) is 18.9 Å². The van der Waals surface area contributed by atoms with E-state index in [-0.39, 0.29) is 5.78 Å². The van der Waals surface area contributed by atoms with E-state index in [1.54, 1.807) is 0 Å². The minimum absolute atomic E-state index is 0.149. The van der Waals surface area contributed by atoms with E-state index in [4.69, 9.17) is 0 Å². The van der Waals surface area contributed by atoms with Gasteiger partial charge < -0.3 is 5.11 Å². The maximum Gasteiger partial charge on any atom is 0.145 e. The summed E-state index contributed by atoms with van der Waals surface area (Å²) >= 11 is 0. The first-order valence-electron chi connectivity index (χ1n) is 4.92. The van der Waals surface area contributed by atoms with Gasteiger partial charge in [-0.2, -0.15) is 0 Å². The molecule has 74 valence electrons. The minimum atomic E-state index is -0.679. The highest BCUT2D eigenvalue weighted by Gasteiger charge is 2.46. The average molecular weight is 190 g/mol. The van der Waals surface area contributed by atoms with Crippen molar-refractivity contribution < 1.29 is 9.90 Å². The Morgan fingerprint density at radius 2 is 2.00 bits per heavy atom. The van der Waals surface area contributed by atoms with E-state index >= 15 is 0 Å². The Morgan fingerprint density at radius 3 is 2.50 bits per heavy atom. The standard InChI is InChI=1S/C12H14O2/c1-12(9-5-3-2-4-6-9)10(13)7-8-11(12)14/h2-6,10,13H,7-8H2,1H3. The quantitative estimate of drug-likeness (QED) is 0.731. The summed E-state index contributed by atoms with van der Waals surface area (Å²) in [5.74, 6) is 0.149. The highest BCUT2D eigenvalue weighted by molar-refractivity contribution is 5.92. The number of carbonyl (C=O) groups excluding carboxylic acids is 1. The van der Waals surface area contributed by atoms with Crippen LogP contribution in [0.5, 0.6) is 0 Å². The fourth-order valence-electron chi connectivity index (χ4n) is 2.14. The second-order valence-corrected chi connectivity index (χ2v) is 4.05. The van der Waals surface area contributed by atoms with E-state index in [1.165, 1.54) is 0 Å². The number of aliphatic hydroxyl groups excluding tert-OH is 1. The molecule has 2 heteroatoms. The van der Waals surface area contributed by atoms with E-state index < -0.39 is 11.5 Å². The molecule has 2 atom stereocenters. The number of ketones is 1. The van der Waals surface area contributed by atoms with Crippen molar-refractivity contribution in [2.75, 3.05) is 0 Å². The molecule has 0 radical (unpaired) electrons. The van der Waals surface area contributed by atoms with Crippen molar-refractivity contribution in [3.8, 4) is 0 Å². The van der Waals surface area contributed by atoms with E-state index in [1.807, 2.05) is 37.3 Å². The average Bonchev–Trinajstić information content (AvgIpc) is 2.49. The number of carbonyl (C=O) groups is 1. The summed E-state index contributed by atoms with van der Waals surface area (Å²) in [6.07, 6.45) is 0.550. The van der Waals surface area contributed by atoms with Crippen molar-refractivity contribution >= 4 is 5.78 Å². The second kappa shape index (κ2) is 3.21. The van der Waals surface area contributed by atoms with Crippen LogP contribution in [0.2, 0.25) is 0 Å². The molecule has 0 amide bonds. The normalized spacial score (nSPS) is 32.1. The molecule has 0 spiro atoms. The molecule has 1 aliphatic carbocycles. The molecular formula is C12H14O2. The monoisotopic (exact) mass is 190 g/mol. The Balaban J connectivity index is 2.46. The van der Waals surface area contributed by atoms with Crippen molar-refractivity contribution in [1.29, 1.82) is 0 Å². The molecule has 0 saturated heterocycles. The summed E-state index contributed by atoms with van der Waals surface area (Å²) in [6.45, 7) is 1.84. The van der Waals surface area contributed by atoms with Crippen LogP contribution in [0.3, 0.4) is 0 Å². The molecule has 1 N–H and O–H groups in total. The lowest BCUT2D eigenvalue weighted by Crippen LogP contribution is -2.37.